The van der Waals surface area contributed by atoms with E-state index in [2.05, 4.69) is 15.8 Å². The molecule has 0 saturated carbocycles. The summed E-state index contributed by atoms with van der Waals surface area (Å²) >= 11 is 5.88. The molecule has 20 heavy (non-hydrogen) atoms. The Balaban J connectivity index is 2.07. The van der Waals surface area contributed by atoms with Crippen LogP contribution in [0.1, 0.15) is 16.1 Å². The minimum atomic E-state index is -0.633. The molecular weight excluding hydrogens is 284 g/mol. The smallest absolute Gasteiger partial charge is 0.323 e. The van der Waals surface area contributed by atoms with E-state index in [-0.39, 0.29) is 10.6 Å². The first kappa shape index (κ1) is 13.9. The van der Waals surface area contributed by atoms with Gasteiger partial charge in [0.15, 0.2) is 5.76 Å². The van der Waals surface area contributed by atoms with Gasteiger partial charge in [-0.2, -0.15) is 0 Å². The number of hydrogen-bond donors (Lipinski definition) is 3. The molecule has 0 atom stereocenters. The van der Waals surface area contributed by atoms with E-state index in [1.807, 2.05) is 0 Å². The zero-order chi connectivity index (χ0) is 14.7. The van der Waals surface area contributed by atoms with Gasteiger partial charge in [0, 0.05) is 5.69 Å². The highest BCUT2D eigenvalue weighted by molar-refractivity contribution is 6.34. The van der Waals surface area contributed by atoms with Crippen molar-refractivity contribution in [2.24, 2.45) is 5.73 Å². The number of nitrogens with zero attached hydrogens (tertiary/aromatic N) is 1. The molecule has 2 rings (SSSR count). The molecule has 104 valence electrons. The Kier molecular flexibility index (Phi) is 3.90. The van der Waals surface area contributed by atoms with Crippen LogP contribution in [0.4, 0.5) is 16.2 Å². The summed E-state index contributed by atoms with van der Waals surface area (Å²) in [7, 11) is 0. The van der Waals surface area contributed by atoms with Crippen LogP contribution in [0.2, 0.25) is 5.02 Å². The quantitative estimate of drug-likeness (QED) is 0.807. The summed E-state index contributed by atoms with van der Waals surface area (Å²) in [5.41, 5.74) is 6.20. The van der Waals surface area contributed by atoms with Gasteiger partial charge in [-0.25, -0.2) is 4.79 Å². The molecule has 0 saturated heterocycles. The lowest BCUT2D eigenvalue weighted by atomic mass is 10.2. The highest BCUT2D eigenvalue weighted by Gasteiger charge is 2.10. The lowest BCUT2D eigenvalue weighted by molar-refractivity contribution is 0.100. The number of benzene rings is 1. The Hall–Kier alpha value is -2.54. The monoisotopic (exact) mass is 294 g/mol. The number of urea groups is 1. The maximum atomic E-state index is 11.7. The molecule has 0 aliphatic heterocycles. The van der Waals surface area contributed by atoms with Crippen LogP contribution in [0.5, 0.6) is 0 Å². The molecule has 0 radical (unpaired) electrons. The predicted molar refractivity (Wildman–Crippen MR) is 73.9 cm³/mol. The van der Waals surface area contributed by atoms with Crippen LogP contribution in [0.25, 0.3) is 0 Å². The van der Waals surface area contributed by atoms with Gasteiger partial charge in [-0.3, -0.25) is 4.79 Å². The standard InChI is InChI=1S/C12H11ClN4O3/c1-6-10(5-15-20-6)17-12(19)16-7-2-3-8(11(14)18)9(13)4-7/h2-5H,1H3,(H2,14,18)(H2,16,17,19). The van der Waals surface area contributed by atoms with Gasteiger partial charge >= 0.3 is 6.03 Å². The van der Waals surface area contributed by atoms with Crippen molar-refractivity contribution in [2.75, 3.05) is 10.6 Å². The fourth-order valence-electron chi connectivity index (χ4n) is 1.50. The number of carbonyl (C=O) groups excluding carboxylic acids is 2. The van der Waals surface area contributed by atoms with Crippen LogP contribution in [0.15, 0.2) is 28.9 Å². The number of rotatable bonds is 3. The van der Waals surface area contributed by atoms with Crippen LogP contribution in [0, 0.1) is 6.92 Å². The highest BCUT2D eigenvalue weighted by atomic mass is 35.5. The summed E-state index contributed by atoms with van der Waals surface area (Å²) in [5.74, 6) is -0.145. The molecule has 1 aromatic heterocycles. The lowest BCUT2D eigenvalue weighted by Gasteiger charge is -2.07. The summed E-state index contributed by atoms with van der Waals surface area (Å²) in [6.07, 6.45) is 1.39. The van der Waals surface area contributed by atoms with Crippen molar-refractivity contribution in [2.45, 2.75) is 6.92 Å². The molecule has 0 fully saturated rings. The summed E-state index contributed by atoms with van der Waals surface area (Å²) in [4.78, 5) is 22.8. The van der Waals surface area contributed by atoms with Crippen molar-refractivity contribution in [1.82, 2.24) is 5.16 Å². The van der Waals surface area contributed by atoms with Crippen molar-refractivity contribution in [1.29, 1.82) is 0 Å². The molecule has 0 spiro atoms. The zero-order valence-electron chi connectivity index (χ0n) is 10.4. The Labute approximate surface area is 119 Å². The fraction of sp³-hybridized carbons (Fsp3) is 0.0833. The SMILES string of the molecule is Cc1oncc1NC(=O)Nc1ccc(C(N)=O)c(Cl)c1. The number of hydrogen-bond acceptors (Lipinski definition) is 4. The Morgan fingerprint density at radius 2 is 2.10 bits per heavy atom. The number of aromatic nitrogens is 1. The maximum absolute atomic E-state index is 11.7. The molecule has 2 aromatic rings. The van der Waals surface area contributed by atoms with E-state index in [1.165, 1.54) is 24.4 Å². The van der Waals surface area contributed by atoms with Gasteiger partial charge in [-0.05, 0) is 25.1 Å². The van der Waals surface area contributed by atoms with Crippen LogP contribution in [0.3, 0.4) is 0 Å². The number of carbonyl (C=O) groups is 2. The van der Waals surface area contributed by atoms with Crippen molar-refractivity contribution < 1.29 is 14.1 Å². The summed E-state index contributed by atoms with van der Waals surface area (Å²) < 4.78 is 4.81. The van der Waals surface area contributed by atoms with Gasteiger partial charge < -0.3 is 20.9 Å². The third-order valence-corrected chi connectivity index (χ3v) is 2.80. The fourth-order valence-corrected chi connectivity index (χ4v) is 1.77. The first-order valence-electron chi connectivity index (χ1n) is 5.56. The highest BCUT2D eigenvalue weighted by Crippen LogP contribution is 2.21. The van der Waals surface area contributed by atoms with Crippen molar-refractivity contribution in [3.05, 3.63) is 40.7 Å². The maximum Gasteiger partial charge on any atom is 0.323 e. The van der Waals surface area contributed by atoms with E-state index in [9.17, 15) is 9.59 Å². The van der Waals surface area contributed by atoms with E-state index < -0.39 is 11.9 Å². The van der Waals surface area contributed by atoms with E-state index >= 15 is 0 Å². The Morgan fingerprint density at radius 1 is 1.35 bits per heavy atom. The Morgan fingerprint density at radius 3 is 2.65 bits per heavy atom. The van der Waals surface area contributed by atoms with E-state index in [4.69, 9.17) is 21.9 Å². The molecule has 0 aliphatic rings. The molecule has 3 amide bonds. The molecule has 8 heteroatoms. The van der Waals surface area contributed by atoms with Crippen LogP contribution in [-0.4, -0.2) is 17.1 Å². The van der Waals surface area contributed by atoms with Crippen LogP contribution >= 0.6 is 11.6 Å². The normalized spacial score (nSPS) is 10.1. The van der Waals surface area contributed by atoms with E-state index in [1.54, 1.807) is 6.92 Å². The topological polar surface area (TPSA) is 110 Å². The lowest BCUT2D eigenvalue weighted by Crippen LogP contribution is -2.19. The van der Waals surface area contributed by atoms with E-state index in [0.717, 1.165) is 0 Å². The number of halogens is 1. The molecule has 7 nitrogen and oxygen atoms in total. The third-order valence-electron chi connectivity index (χ3n) is 2.49. The second-order valence-electron chi connectivity index (χ2n) is 3.93. The molecule has 4 N–H and O–H groups in total. The average molecular weight is 295 g/mol. The van der Waals surface area contributed by atoms with Crippen LogP contribution in [-0.2, 0) is 0 Å². The van der Waals surface area contributed by atoms with Crippen molar-refractivity contribution in [3.63, 3.8) is 0 Å². The van der Waals surface area contributed by atoms with Gasteiger partial charge in [0.25, 0.3) is 0 Å². The number of nitrogens with one attached hydrogen (secondary N) is 2. The van der Waals surface area contributed by atoms with Gasteiger partial charge in [-0.1, -0.05) is 16.8 Å². The number of anilines is 2. The number of amides is 3. The minimum absolute atomic E-state index is 0.163. The summed E-state index contributed by atoms with van der Waals surface area (Å²) in [5, 5.41) is 8.81. The average Bonchev–Trinajstić information content (AvgIpc) is 2.74. The second-order valence-corrected chi connectivity index (χ2v) is 4.34. The van der Waals surface area contributed by atoms with Gasteiger partial charge in [0.1, 0.15) is 5.69 Å². The third kappa shape index (κ3) is 3.07. The largest absolute Gasteiger partial charge is 0.366 e. The molecule has 1 aromatic carbocycles. The first-order valence-corrected chi connectivity index (χ1v) is 5.94. The van der Waals surface area contributed by atoms with Crippen molar-refractivity contribution in [3.8, 4) is 0 Å². The second kappa shape index (κ2) is 5.62. The summed E-state index contributed by atoms with van der Waals surface area (Å²) in [6, 6.07) is 3.90. The molecule has 0 unspecified atom stereocenters. The van der Waals surface area contributed by atoms with Gasteiger partial charge in [0.05, 0.1) is 16.8 Å². The summed E-state index contributed by atoms with van der Waals surface area (Å²) in [6.45, 7) is 1.67. The Bertz CT molecular complexity index is 668. The zero-order valence-corrected chi connectivity index (χ0v) is 11.2. The van der Waals surface area contributed by atoms with Crippen molar-refractivity contribution >= 4 is 34.9 Å². The molecule has 0 bridgehead atoms. The predicted octanol–water partition coefficient (Wildman–Crippen LogP) is 2.38. The number of aryl methyl sites for hydroxylation is 1. The van der Waals surface area contributed by atoms with E-state index in [0.29, 0.717) is 17.1 Å². The van der Waals surface area contributed by atoms with Crippen LogP contribution < -0.4 is 16.4 Å². The molecule has 0 aliphatic carbocycles. The molecule has 1 heterocycles. The number of nitrogens with two attached hydrogens (primary N) is 1. The first-order chi connectivity index (χ1) is 9.47. The van der Waals surface area contributed by atoms with Gasteiger partial charge in [0.2, 0.25) is 5.91 Å². The van der Waals surface area contributed by atoms with Gasteiger partial charge in [-0.15, -0.1) is 0 Å². The minimum Gasteiger partial charge on any atom is -0.366 e. The molecular formula is C12H11ClN4O3. The number of primary amides is 1.